The standard InChI is InChI=1S/C20H26N4O2S.HI/c1-15-4-3-5-17(12-15)14-23-20(21-2)22-13-16-6-10-19(11-7-16)27(25,26)24-18-8-9-18;/h3-7,10-12,18,24H,8-9,13-14H2,1-2H3,(H2,21,22,23);1H. The fourth-order valence-corrected chi connectivity index (χ4v) is 3.99. The van der Waals surface area contributed by atoms with Gasteiger partial charge < -0.3 is 10.6 Å². The lowest BCUT2D eigenvalue weighted by atomic mass is 10.1. The number of hydrogen-bond donors (Lipinski definition) is 3. The molecule has 1 saturated carbocycles. The summed E-state index contributed by atoms with van der Waals surface area (Å²) >= 11 is 0. The van der Waals surface area contributed by atoms with E-state index in [0.29, 0.717) is 23.9 Å². The Morgan fingerprint density at radius 1 is 1.04 bits per heavy atom. The molecule has 28 heavy (non-hydrogen) atoms. The summed E-state index contributed by atoms with van der Waals surface area (Å²) in [6.07, 6.45) is 1.85. The van der Waals surface area contributed by atoms with Crippen LogP contribution in [0.15, 0.2) is 58.4 Å². The lowest BCUT2D eigenvalue weighted by Gasteiger charge is -2.13. The molecule has 0 bridgehead atoms. The summed E-state index contributed by atoms with van der Waals surface area (Å²) < 4.78 is 27.1. The van der Waals surface area contributed by atoms with Crippen molar-refractivity contribution in [2.75, 3.05) is 7.05 Å². The summed E-state index contributed by atoms with van der Waals surface area (Å²) in [6.45, 7) is 3.32. The highest BCUT2D eigenvalue weighted by Gasteiger charge is 2.27. The number of nitrogens with zero attached hydrogens (tertiary/aromatic N) is 1. The number of benzene rings is 2. The second kappa shape index (κ2) is 10.2. The topological polar surface area (TPSA) is 82.6 Å². The predicted octanol–water partition coefficient (Wildman–Crippen LogP) is 2.92. The molecule has 1 aliphatic rings. The zero-order valence-corrected chi connectivity index (χ0v) is 19.3. The largest absolute Gasteiger partial charge is 0.352 e. The van der Waals surface area contributed by atoms with Gasteiger partial charge >= 0.3 is 0 Å². The molecule has 0 atom stereocenters. The van der Waals surface area contributed by atoms with E-state index in [1.54, 1.807) is 19.2 Å². The van der Waals surface area contributed by atoms with E-state index in [0.717, 1.165) is 18.4 Å². The smallest absolute Gasteiger partial charge is 0.240 e. The van der Waals surface area contributed by atoms with Gasteiger partial charge in [0.25, 0.3) is 0 Å². The molecule has 3 rings (SSSR count). The Morgan fingerprint density at radius 3 is 2.25 bits per heavy atom. The van der Waals surface area contributed by atoms with Crippen LogP contribution in [0.2, 0.25) is 0 Å². The lowest BCUT2D eigenvalue weighted by molar-refractivity contribution is 0.581. The van der Waals surface area contributed by atoms with Crippen LogP contribution in [0.4, 0.5) is 0 Å². The van der Waals surface area contributed by atoms with Crippen molar-refractivity contribution in [1.82, 2.24) is 15.4 Å². The highest BCUT2D eigenvalue weighted by Crippen LogP contribution is 2.22. The second-order valence-electron chi connectivity index (χ2n) is 6.81. The van der Waals surface area contributed by atoms with Gasteiger partial charge in [-0.05, 0) is 43.0 Å². The van der Waals surface area contributed by atoms with Gasteiger partial charge in [-0.25, -0.2) is 13.1 Å². The number of halogens is 1. The predicted molar refractivity (Wildman–Crippen MR) is 123 cm³/mol. The third-order valence-corrected chi connectivity index (χ3v) is 5.90. The molecule has 1 aliphatic carbocycles. The van der Waals surface area contributed by atoms with E-state index in [1.807, 2.05) is 18.2 Å². The van der Waals surface area contributed by atoms with Crippen LogP contribution < -0.4 is 15.4 Å². The van der Waals surface area contributed by atoms with Crippen molar-refractivity contribution in [2.24, 2.45) is 4.99 Å². The highest BCUT2D eigenvalue weighted by atomic mass is 127. The van der Waals surface area contributed by atoms with Gasteiger partial charge in [0.05, 0.1) is 4.90 Å². The molecule has 0 saturated heterocycles. The van der Waals surface area contributed by atoms with Gasteiger partial charge in [-0.3, -0.25) is 4.99 Å². The minimum absolute atomic E-state index is 0. The quantitative estimate of drug-likeness (QED) is 0.302. The Bertz CT molecular complexity index is 910. The number of aliphatic imine (C=N–C) groups is 1. The Kier molecular flexibility index (Phi) is 8.26. The summed E-state index contributed by atoms with van der Waals surface area (Å²) in [5.74, 6) is 0.698. The first-order valence-electron chi connectivity index (χ1n) is 9.07. The van der Waals surface area contributed by atoms with Crippen LogP contribution >= 0.6 is 24.0 Å². The third-order valence-electron chi connectivity index (χ3n) is 4.36. The molecule has 0 heterocycles. The molecule has 0 aliphatic heterocycles. The van der Waals surface area contributed by atoms with Crippen molar-refractivity contribution in [3.63, 3.8) is 0 Å². The van der Waals surface area contributed by atoms with Crippen molar-refractivity contribution < 1.29 is 8.42 Å². The van der Waals surface area contributed by atoms with Crippen LogP contribution in [0.5, 0.6) is 0 Å². The first-order valence-corrected chi connectivity index (χ1v) is 10.6. The first kappa shape index (κ1) is 22.6. The Hall–Kier alpha value is -1.65. The number of aryl methyl sites for hydroxylation is 1. The van der Waals surface area contributed by atoms with Gasteiger partial charge in [0.15, 0.2) is 5.96 Å². The van der Waals surface area contributed by atoms with Crippen LogP contribution in [0.1, 0.15) is 29.5 Å². The van der Waals surface area contributed by atoms with Gasteiger partial charge in [-0.1, -0.05) is 42.0 Å². The molecule has 3 N–H and O–H groups in total. The average molecular weight is 514 g/mol. The first-order chi connectivity index (χ1) is 13.0. The van der Waals surface area contributed by atoms with E-state index in [1.165, 1.54) is 11.1 Å². The molecule has 0 amide bonds. The molecule has 2 aromatic carbocycles. The third kappa shape index (κ3) is 6.75. The number of guanidine groups is 1. The monoisotopic (exact) mass is 514 g/mol. The van der Waals surface area contributed by atoms with Crippen molar-refractivity contribution >= 4 is 40.0 Å². The average Bonchev–Trinajstić information content (AvgIpc) is 3.45. The maximum Gasteiger partial charge on any atom is 0.240 e. The maximum absolute atomic E-state index is 12.2. The van der Waals surface area contributed by atoms with E-state index in [4.69, 9.17) is 0 Å². The fourth-order valence-electron chi connectivity index (χ4n) is 2.69. The van der Waals surface area contributed by atoms with Crippen molar-refractivity contribution in [1.29, 1.82) is 0 Å². The zero-order chi connectivity index (χ0) is 19.3. The maximum atomic E-state index is 12.2. The van der Waals surface area contributed by atoms with Gasteiger partial charge in [0.2, 0.25) is 10.0 Å². The van der Waals surface area contributed by atoms with Crippen molar-refractivity contribution in [3.8, 4) is 0 Å². The van der Waals surface area contributed by atoms with Crippen LogP contribution in [0.25, 0.3) is 0 Å². The van der Waals surface area contributed by atoms with E-state index < -0.39 is 10.0 Å². The summed E-state index contributed by atoms with van der Waals surface area (Å²) in [6, 6.07) is 15.4. The van der Waals surface area contributed by atoms with Gasteiger partial charge in [0, 0.05) is 26.2 Å². The minimum Gasteiger partial charge on any atom is -0.352 e. The summed E-state index contributed by atoms with van der Waals surface area (Å²) in [5, 5.41) is 6.53. The van der Waals surface area contributed by atoms with Crippen molar-refractivity contribution in [3.05, 3.63) is 65.2 Å². The molecule has 6 nitrogen and oxygen atoms in total. The van der Waals surface area contributed by atoms with E-state index >= 15 is 0 Å². The van der Waals surface area contributed by atoms with Crippen LogP contribution in [-0.2, 0) is 23.1 Å². The molecule has 2 aromatic rings. The second-order valence-corrected chi connectivity index (χ2v) is 8.52. The van der Waals surface area contributed by atoms with E-state index in [-0.39, 0.29) is 30.0 Å². The molecule has 0 unspecified atom stereocenters. The van der Waals surface area contributed by atoms with E-state index in [9.17, 15) is 8.42 Å². The normalized spacial score (nSPS) is 14.3. The summed E-state index contributed by atoms with van der Waals surface area (Å²) in [4.78, 5) is 4.53. The molecule has 0 spiro atoms. The van der Waals surface area contributed by atoms with Crippen molar-refractivity contribution in [2.45, 2.75) is 43.8 Å². The van der Waals surface area contributed by atoms with Gasteiger partial charge in [0.1, 0.15) is 0 Å². The highest BCUT2D eigenvalue weighted by molar-refractivity contribution is 14.0. The lowest BCUT2D eigenvalue weighted by Crippen LogP contribution is -2.36. The Labute approximate surface area is 184 Å². The Balaban J connectivity index is 0.00000280. The number of hydrogen-bond acceptors (Lipinski definition) is 3. The van der Waals surface area contributed by atoms with Gasteiger partial charge in [-0.2, -0.15) is 0 Å². The zero-order valence-electron chi connectivity index (χ0n) is 16.1. The van der Waals surface area contributed by atoms with Crippen LogP contribution in [0.3, 0.4) is 0 Å². The Morgan fingerprint density at radius 2 is 1.68 bits per heavy atom. The van der Waals surface area contributed by atoms with Crippen LogP contribution in [0, 0.1) is 6.92 Å². The molecule has 0 aromatic heterocycles. The molecule has 1 fully saturated rings. The molecule has 0 radical (unpaired) electrons. The van der Waals surface area contributed by atoms with Gasteiger partial charge in [-0.15, -0.1) is 24.0 Å². The molecular weight excluding hydrogens is 487 g/mol. The molecular formula is C20H27IN4O2S. The van der Waals surface area contributed by atoms with E-state index in [2.05, 4.69) is 45.5 Å². The number of nitrogens with one attached hydrogen (secondary N) is 3. The summed E-state index contributed by atoms with van der Waals surface area (Å²) in [7, 11) is -1.67. The van der Waals surface area contributed by atoms with Crippen LogP contribution in [-0.4, -0.2) is 27.5 Å². The fraction of sp³-hybridized carbons (Fsp3) is 0.350. The SMILES string of the molecule is CN=C(NCc1ccc(S(=O)(=O)NC2CC2)cc1)NCc1cccc(C)c1.I. The molecule has 152 valence electrons. The number of rotatable bonds is 7. The summed E-state index contributed by atoms with van der Waals surface area (Å²) in [5.41, 5.74) is 3.40. The number of sulfonamides is 1. The minimum atomic E-state index is -3.40. The molecule has 8 heteroatoms.